The van der Waals surface area contributed by atoms with Gasteiger partial charge in [0, 0.05) is 19.5 Å². The van der Waals surface area contributed by atoms with E-state index < -0.39 is 0 Å². The van der Waals surface area contributed by atoms with Gasteiger partial charge in [-0.15, -0.1) is 0 Å². The van der Waals surface area contributed by atoms with Crippen LogP contribution in [0.1, 0.15) is 13.3 Å². The summed E-state index contributed by atoms with van der Waals surface area (Å²) in [5.74, 6) is 0.108. The predicted octanol–water partition coefficient (Wildman–Crippen LogP) is -0.176. The van der Waals surface area contributed by atoms with Crippen LogP contribution in [0.2, 0.25) is 0 Å². The molecular weight excluding hydrogens is 158 g/mol. The quantitative estimate of drug-likeness (QED) is 0.592. The fraction of sp³-hybridized carbons (Fsp3) is 0.750. The standard InChI is InChI=1S/C8H13NO3/c1-7(10)2-3-9-4-5-12-6-8(9)11/h2-6H2,1H3. The van der Waals surface area contributed by atoms with Crippen molar-refractivity contribution in [3.63, 3.8) is 0 Å². The number of ether oxygens (including phenoxy) is 1. The molecule has 0 N–H and O–H groups in total. The minimum absolute atomic E-state index is 0.0116. The summed E-state index contributed by atoms with van der Waals surface area (Å²) < 4.78 is 4.94. The zero-order valence-electron chi connectivity index (χ0n) is 7.21. The lowest BCUT2D eigenvalue weighted by Gasteiger charge is -2.26. The first-order valence-corrected chi connectivity index (χ1v) is 4.05. The van der Waals surface area contributed by atoms with Crippen molar-refractivity contribution < 1.29 is 14.3 Å². The van der Waals surface area contributed by atoms with E-state index in [1.807, 2.05) is 0 Å². The molecule has 0 bridgehead atoms. The molecule has 0 aromatic carbocycles. The molecule has 1 aliphatic heterocycles. The van der Waals surface area contributed by atoms with Crippen LogP contribution in [0.25, 0.3) is 0 Å². The summed E-state index contributed by atoms with van der Waals surface area (Å²) in [5.41, 5.74) is 0. The second kappa shape index (κ2) is 4.21. The van der Waals surface area contributed by atoms with Gasteiger partial charge in [0.25, 0.3) is 0 Å². The molecule has 0 radical (unpaired) electrons. The third kappa shape index (κ3) is 2.62. The summed E-state index contributed by atoms with van der Waals surface area (Å²) in [4.78, 5) is 23.4. The van der Waals surface area contributed by atoms with Crippen molar-refractivity contribution in [2.75, 3.05) is 26.3 Å². The van der Waals surface area contributed by atoms with Gasteiger partial charge < -0.3 is 9.64 Å². The second-order valence-corrected chi connectivity index (χ2v) is 2.89. The van der Waals surface area contributed by atoms with Crippen LogP contribution in [0.4, 0.5) is 0 Å². The van der Waals surface area contributed by atoms with Crippen molar-refractivity contribution in [3.05, 3.63) is 0 Å². The summed E-state index contributed by atoms with van der Waals surface area (Å²) >= 11 is 0. The van der Waals surface area contributed by atoms with Gasteiger partial charge in [-0.25, -0.2) is 0 Å². The normalized spacial score (nSPS) is 18.1. The number of carbonyl (C=O) groups is 2. The molecule has 0 spiro atoms. The maximum Gasteiger partial charge on any atom is 0.248 e. The third-order valence-corrected chi connectivity index (χ3v) is 1.82. The first kappa shape index (κ1) is 9.19. The molecule has 1 fully saturated rings. The van der Waals surface area contributed by atoms with Crippen LogP contribution in [-0.2, 0) is 14.3 Å². The van der Waals surface area contributed by atoms with Crippen molar-refractivity contribution in [3.8, 4) is 0 Å². The Bertz CT molecular complexity index is 191. The van der Waals surface area contributed by atoms with Gasteiger partial charge in [-0.1, -0.05) is 0 Å². The van der Waals surface area contributed by atoms with Gasteiger partial charge in [0.15, 0.2) is 0 Å². The predicted molar refractivity (Wildman–Crippen MR) is 42.7 cm³/mol. The van der Waals surface area contributed by atoms with E-state index in [2.05, 4.69) is 0 Å². The number of hydrogen-bond acceptors (Lipinski definition) is 3. The van der Waals surface area contributed by atoms with E-state index in [1.165, 1.54) is 6.92 Å². The van der Waals surface area contributed by atoms with Crippen LogP contribution in [0.3, 0.4) is 0 Å². The molecule has 1 heterocycles. The molecule has 0 saturated carbocycles. The van der Waals surface area contributed by atoms with Gasteiger partial charge in [-0.3, -0.25) is 9.59 Å². The van der Waals surface area contributed by atoms with Crippen LogP contribution in [-0.4, -0.2) is 42.9 Å². The molecule has 4 nitrogen and oxygen atoms in total. The summed E-state index contributed by atoms with van der Waals surface area (Å²) in [6.07, 6.45) is 0.450. The van der Waals surface area contributed by atoms with E-state index in [-0.39, 0.29) is 18.3 Å². The average molecular weight is 171 g/mol. The molecule has 1 amide bonds. The Morgan fingerprint density at radius 3 is 3.00 bits per heavy atom. The molecule has 1 aliphatic rings. The first-order valence-electron chi connectivity index (χ1n) is 4.05. The highest BCUT2D eigenvalue weighted by Crippen LogP contribution is 1.99. The molecule has 0 aromatic rings. The summed E-state index contributed by atoms with van der Waals surface area (Å²) in [6.45, 7) is 3.44. The largest absolute Gasteiger partial charge is 0.370 e. The molecule has 12 heavy (non-hydrogen) atoms. The number of hydrogen-bond donors (Lipinski definition) is 0. The van der Waals surface area contributed by atoms with Gasteiger partial charge in [0.2, 0.25) is 5.91 Å². The monoisotopic (exact) mass is 171 g/mol. The van der Waals surface area contributed by atoms with Crippen molar-refractivity contribution in [2.45, 2.75) is 13.3 Å². The van der Waals surface area contributed by atoms with Gasteiger partial charge >= 0.3 is 0 Å². The zero-order valence-corrected chi connectivity index (χ0v) is 7.21. The van der Waals surface area contributed by atoms with E-state index in [9.17, 15) is 9.59 Å². The average Bonchev–Trinajstić information content (AvgIpc) is 2.03. The minimum Gasteiger partial charge on any atom is -0.370 e. The lowest BCUT2D eigenvalue weighted by molar-refractivity contribution is -0.142. The number of morpholine rings is 1. The van der Waals surface area contributed by atoms with E-state index in [1.54, 1.807) is 4.90 Å². The summed E-state index contributed by atoms with van der Waals surface area (Å²) in [7, 11) is 0. The molecule has 1 saturated heterocycles. The highest BCUT2D eigenvalue weighted by Gasteiger charge is 2.17. The van der Waals surface area contributed by atoms with Crippen molar-refractivity contribution in [2.24, 2.45) is 0 Å². The van der Waals surface area contributed by atoms with Crippen LogP contribution in [0, 0.1) is 0 Å². The Labute approximate surface area is 71.5 Å². The molecule has 0 aliphatic carbocycles. The fourth-order valence-electron chi connectivity index (χ4n) is 1.08. The second-order valence-electron chi connectivity index (χ2n) is 2.89. The number of ketones is 1. The van der Waals surface area contributed by atoms with Crippen molar-refractivity contribution in [1.29, 1.82) is 0 Å². The molecule has 4 heteroatoms. The minimum atomic E-state index is -0.0116. The smallest absolute Gasteiger partial charge is 0.248 e. The SMILES string of the molecule is CC(=O)CCN1CCOCC1=O. The number of carbonyl (C=O) groups excluding carboxylic acids is 2. The highest BCUT2D eigenvalue weighted by molar-refractivity contribution is 5.79. The molecule has 68 valence electrons. The summed E-state index contributed by atoms with van der Waals surface area (Å²) in [5, 5.41) is 0. The third-order valence-electron chi connectivity index (χ3n) is 1.82. The van der Waals surface area contributed by atoms with E-state index in [0.717, 1.165) is 0 Å². The van der Waals surface area contributed by atoms with Crippen molar-refractivity contribution in [1.82, 2.24) is 4.90 Å². The van der Waals surface area contributed by atoms with E-state index in [0.29, 0.717) is 26.1 Å². The molecule has 0 aromatic heterocycles. The Morgan fingerprint density at radius 2 is 2.42 bits per heavy atom. The zero-order chi connectivity index (χ0) is 8.97. The van der Waals surface area contributed by atoms with Gasteiger partial charge in [0.05, 0.1) is 6.61 Å². The van der Waals surface area contributed by atoms with Gasteiger partial charge in [-0.2, -0.15) is 0 Å². The van der Waals surface area contributed by atoms with Crippen LogP contribution in [0.15, 0.2) is 0 Å². The first-order chi connectivity index (χ1) is 5.70. The maximum absolute atomic E-state index is 11.1. The topological polar surface area (TPSA) is 46.6 Å². The Balaban J connectivity index is 2.29. The summed E-state index contributed by atoms with van der Waals surface area (Å²) in [6, 6.07) is 0. The van der Waals surface area contributed by atoms with Crippen LogP contribution < -0.4 is 0 Å². The maximum atomic E-state index is 11.1. The number of Topliss-reactive ketones (excluding diaryl/α,β-unsaturated/α-hetero) is 1. The molecular formula is C8H13NO3. The number of rotatable bonds is 3. The van der Waals surface area contributed by atoms with Crippen LogP contribution >= 0.6 is 0 Å². The lowest BCUT2D eigenvalue weighted by Crippen LogP contribution is -2.42. The number of nitrogens with zero attached hydrogens (tertiary/aromatic N) is 1. The van der Waals surface area contributed by atoms with Gasteiger partial charge in [-0.05, 0) is 6.92 Å². The van der Waals surface area contributed by atoms with E-state index in [4.69, 9.17) is 4.74 Å². The lowest BCUT2D eigenvalue weighted by atomic mass is 10.3. The fourth-order valence-corrected chi connectivity index (χ4v) is 1.08. The Morgan fingerprint density at radius 1 is 1.67 bits per heavy atom. The molecule has 1 rings (SSSR count). The van der Waals surface area contributed by atoms with Gasteiger partial charge in [0.1, 0.15) is 12.4 Å². The highest BCUT2D eigenvalue weighted by atomic mass is 16.5. The molecule has 0 unspecified atom stereocenters. The molecule has 0 atom stereocenters. The Hall–Kier alpha value is -0.900. The Kier molecular flexibility index (Phi) is 3.22. The van der Waals surface area contributed by atoms with E-state index >= 15 is 0 Å². The van der Waals surface area contributed by atoms with Crippen molar-refractivity contribution >= 4 is 11.7 Å². The van der Waals surface area contributed by atoms with Crippen LogP contribution in [0.5, 0.6) is 0 Å². The number of amides is 1.